The fourth-order valence-electron chi connectivity index (χ4n) is 7.11. The Kier molecular flexibility index (Phi) is 11.2. The monoisotopic (exact) mass is 807 g/mol. The zero-order valence-corrected chi connectivity index (χ0v) is 32.3. The van der Waals surface area contributed by atoms with Crippen LogP contribution in [-0.4, -0.2) is 120 Å². The Morgan fingerprint density at radius 2 is 1.67 bits per heavy atom. The number of aryl methyl sites for hydroxylation is 1. The van der Waals surface area contributed by atoms with Crippen molar-refractivity contribution < 1.29 is 27.9 Å². The number of nitrogens with zero attached hydrogens (tertiary/aromatic N) is 10. The van der Waals surface area contributed by atoms with Crippen LogP contribution in [0.15, 0.2) is 53.6 Å². The molecule has 0 aliphatic carbocycles. The van der Waals surface area contributed by atoms with Crippen LogP contribution < -0.4 is 15.8 Å². The van der Waals surface area contributed by atoms with Gasteiger partial charge in [0.25, 0.3) is 11.5 Å². The minimum Gasteiger partial charge on any atom is -0.504 e. The number of benzene rings is 2. The molecule has 19 heteroatoms. The van der Waals surface area contributed by atoms with Gasteiger partial charge in [0, 0.05) is 64.5 Å². The Balaban J connectivity index is 1.21. The van der Waals surface area contributed by atoms with Crippen molar-refractivity contribution in [3.63, 3.8) is 0 Å². The number of rotatable bonds is 9. The molecule has 300 valence electrons. The lowest BCUT2D eigenvalue weighted by atomic mass is 10.1. The highest BCUT2D eigenvalue weighted by Crippen LogP contribution is 2.34. The average molecular weight is 808 g/mol. The molecule has 0 spiro atoms. The topological polar surface area (TPSA) is 157 Å². The second-order valence-electron chi connectivity index (χ2n) is 14.1. The van der Waals surface area contributed by atoms with Crippen molar-refractivity contribution in [3.8, 4) is 17.1 Å². The predicted octanol–water partition coefficient (Wildman–Crippen LogP) is 3.95. The first kappa shape index (κ1) is 39.6. The number of nitrogens with one attached hydrogen (secondary N) is 1. The van der Waals surface area contributed by atoms with Gasteiger partial charge in [-0.3, -0.25) is 19.3 Å². The smallest absolute Gasteiger partial charge is 0.416 e. The van der Waals surface area contributed by atoms with Gasteiger partial charge in [0.15, 0.2) is 17.3 Å². The van der Waals surface area contributed by atoms with Gasteiger partial charge < -0.3 is 29.7 Å². The van der Waals surface area contributed by atoms with Gasteiger partial charge in [0.1, 0.15) is 18.6 Å². The van der Waals surface area contributed by atoms with E-state index >= 15 is 0 Å². The maximum absolute atomic E-state index is 14.4. The first-order chi connectivity index (χ1) is 27.2. The summed E-state index contributed by atoms with van der Waals surface area (Å²) >= 11 is 6.17. The van der Waals surface area contributed by atoms with Crippen LogP contribution >= 0.6 is 11.6 Å². The molecule has 2 aliphatic rings. The van der Waals surface area contributed by atoms with Crippen LogP contribution in [0.2, 0.25) is 5.02 Å². The fraction of sp³-hybridized carbons (Fsp3) is 0.395. The minimum absolute atomic E-state index is 0.0190. The van der Waals surface area contributed by atoms with E-state index in [0.717, 1.165) is 61.0 Å². The average Bonchev–Trinajstić information content (AvgIpc) is 3.64. The highest BCUT2D eigenvalue weighted by Gasteiger charge is 2.32. The van der Waals surface area contributed by atoms with Crippen molar-refractivity contribution in [3.05, 3.63) is 92.4 Å². The van der Waals surface area contributed by atoms with E-state index < -0.39 is 29.1 Å². The second kappa shape index (κ2) is 16.1. The predicted molar refractivity (Wildman–Crippen MR) is 206 cm³/mol. The van der Waals surface area contributed by atoms with E-state index in [4.69, 9.17) is 16.6 Å². The third-order valence-electron chi connectivity index (χ3n) is 10.3. The molecular formula is C38H41ClF3N11O4. The number of amides is 2. The number of anilines is 2. The molecule has 2 saturated heterocycles. The summed E-state index contributed by atoms with van der Waals surface area (Å²) in [6.45, 7) is 8.58. The number of aromatic nitrogens is 6. The number of hydrogen-bond donors (Lipinski definition) is 2. The zero-order valence-electron chi connectivity index (χ0n) is 31.6. The summed E-state index contributed by atoms with van der Waals surface area (Å²) in [6, 6.07) is 10.4. The maximum Gasteiger partial charge on any atom is 0.416 e. The van der Waals surface area contributed by atoms with E-state index in [-0.39, 0.29) is 84.3 Å². The molecule has 15 nitrogen and oxygen atoms in total. The molecule has 5 heterocycles. The molecule has 3 aromatic heterocycles. The Bertz CT molecular complexity index is 2370. The number of aromatic hydroxyl groups is 1. The summed E-state index contributed by atoms with van der Waals surface area (Å²) in [5.41, 5.74) is 1.20. The number of alkyl halides is 3. The van der Waals surface area contributed by atoms with Crippen molar-refractivity contribution >= 4 is 40.6 Å². The molecule has 5 aromatic rings. The van der Waals surface area contributed by atoms with Crippen molar-refractivity contribution in [2.24, 2.45) is 0 Å². The summed E-state index contributed by atoms with van der Waals surface area (Å²) in [5.74, 6) is -1.05. The van der Waals surface area contributed by atoms with Crippen LogP contribution in [0.5, 0.6) is 5.75 Å². The van der Waals surface area contributed by atoms with Crippen LogP contribution in [0, 0.1) is 6.92 Å². The molecule has 0 saturated carbocycles. The van der Waals surface area contributed by atoms with Crippen LogP contribution in [0.4, 0.5) is 24.5 Å². The number of fused-ring (bicyclic) bond motifs is 1. The van der Waals surface area contributed by atoms with E-state index in [1.807, 2.05) is 36.1 Å². The summed E-state index contributed by atoms with van der Waals surface area (Å²) in [5, 5.41) is 17.4. The van der Waals surface area contributed by atoms with Crippen molar-refractivity contribution in [1.29, 1.82) is 0 Å². The maximum atomic E-state index is 14.4. The number of likely N-dealkylation sites (N-methyl/N-ethyl adjacent to an activating group) is 1. The molecule has 2 fully saturated rings. The van der Waals surface area contributed by atoms with Gasteiger partial charge in [-0.2, -0.15) is 22.7 Å². The highest BCUT2D eigenvalue weighted by molar-refractivity contribution is 6.33. The lowest BCUT2D eigenvalue weighted by molar-refractivity contribution is -0.137. The van der Waals surface area contributed by atoms with Gasteiger partial charge in [0.2, 0.25) is 11.7 Å². The molecule has 2 N–H and O–H groups in total. The first-order valence-corrected chi connectivity index (χ1v) is 18.8. The van der Waals surface area contributed by atoms with Crippen LogP contribution in [0.1, 0.15) is 39.9 Å². The second-order valence-corrected chi connectivity index (χ2v) is 14.5. The van der Waals surface area contributed by atoms with Crippen molar-refractivity contribution in [2.45, 2.75) is 39.5 Å². The summed E-state index contributed by atoms with van der Waals surface area (Å²) in [7, 11) is 2.11. The lowest BCUT2D eigenvalue weighted by Crippen LogP contribution is -2.51. The summed E-state index contributed by atoms with van der Waals surface area (Å²) in [4.78, 5) is 62.1. The van der Waals surface area contributed by atoms with E-state index in [2.05, 4.69) is 37.2 Å². The first-order valence-electron chi connectivity index (χ1n) is 18.5. The van der Waals surface area contributed by atoms with Gasteiger partial charge in [-0.05, 0) is 44.2 Å². The Labute approximate surface area is 330 Å². The molecule has 2 amide bonds. The number of carbonyl (C=O) groups is 2. The molecule has 0 atom stereocenters. The van der Waals surface area contributed by atoms with Gasteiger partial charge in [-0.25, -0.2) is 9.97 Å². The number of carbonyl (C=O) groups excluding carboxylic acids is 2. The largest absolute Gasteiger partial charge is 0.504 e. The van der Waals surface area contributed by atoms with Gasteiger partial charge in [-0.15, -0.1) is 5.10 Å². The van der Waals surface area contributed by atoms with E-state index in [0.29, 0.717) is 11.3 Å². The van der Waals surface area contributed by atoms with Gasteiger partial charge in [-0.1, -0.05) is 42.8 Å². The number of hydrogen-bond acceptors (Lipinski definition) is 11. The molecule has 2 aromatic carbocycles. The van der Waals surface area contributed by atoms with Gasteiger partial charge >= 0.3 is 6.18 Å². The number of halogens is 4. The standard InChI is InChI=1S/C38H41ClF3N11O4/c1-4-29-32(50-15-17-51(18-16-50)35(56)31-33(55)23(2)43-22-44-31)36(57)53-37(52(29)21-30(54)45-28-10-9-26(19-27(28)39)38(40,41)42)46-34(47-53)25-7-5-24(6-8-25)20-49-13-11-48(3)12-14-49/h5-10,19,22,55H,4,11-18,20-21H2,1-3H3,(H,45,54). The molecule has 0 bridgehead atoms. The molecule has 7 rings (SSSR count). The third kappa shape index (κ3) is 8.29. The van der Waals surface area contributed by atoms with E-state index in [9.17, 15) is 32.7 Å². The van der Waals surface area contributed by atoms with Crippen LogP contribution in [-0.2, 0) is 30.5 Å². The molecule has 0 unspecified atom stereocenters. The highest BCUT2D eigenvalue weighted by atomic mass is 35.5. The fourth-order valence-corrected chi connectivity index (χ4v) is 7.34. The Morgan fingerprint density at radius 3 is 2.32 bits per heavy atom. The summed E-state index contributed by atoms with van der Waals surface area (Å²) in [6.07, 6.45) is -3.13. The van der Waals surface area contributed by atoms with Crippen LogP contribution in [0.3, 0.4) is 0 Å². The Hall–Kier alpha value is -5.59. The summed E-state index contributed by atoms with van der Waals surface area (Å²) < 4.78 is 42.6. The molecular weight excluding hydrogens is 767 g/mol. The molecule has 2 aliphatic heterocycles. The quantitative estimate of drug-likeness (QED) is 0.222. The van der Waals surface area contributed by atoms with Crippen molar-refractivity contribution in [2.75, 3.05) is 69.6 Å². The minimum atomic E-state index is -4.62. The van der Waals surface area contributed by atoms with Gasteiger partial charge in [0.05, 0.1) is 27.7 Å². The lowest BCUT2D eigenvalue weighted by Gasteiger charge is -2.36. The molecule has 0 radical (unpaired) electrons. The molecule has 57 heavy (non-hydrogen) atoms. The van der Waals surface area contributed by atoms with Crippen LogP contribution in [0.25, 0.3) is 17.2 Å². The SMILES string of the molecule is CCc1c(N2CCN(C(=O)c3ncnc(C)c3O)CC2)c(=O)n2nc(-c3ccc(CN4CCN(C)CC4)cc3)nc2n1CC(=O)Nc1ccc(C(F)(F)F)cc1Cl. The normalized spacial score (nSPS) is 15.7. The van der Waals surface area contributed by atoms with E-state index in [1.165, 1.54) is 11.2 Å². The third-order valence-corrected chi connectivity index (χ3v) is 10.7. The Morgan fingerprint density at radius 1 is 0.965 bits per heavy atom. The number of piperazine rings is 2. The van der Waals surface area contributed by atoms with E-state index in [1.54, 1.807) is 11.5 Å². The zero-order chi connectivity index (χ0) is 40.6. The van der Waals surface area contributed by atoms with Crippen molar-refractivity contribution in [1.82, 2.24) is 43.8 Å².